The zero-order valence-electron chi connectivity index (χ0n) is 42.9. The van der Waals surface area contributed by atoms with Crippen molar-refractivity contribution in [3.8, 4) is 0 Å². The normalized spacial score (nSPS) is 21.1. The Morgan fingerprint density at radius 2 is 1.38 bits per heavy atom. The second-order valence-corrected chi connectivity index (χ2v) is 19.1. The number of amides is 7. The van der Waals surface area contributed by atoms with Gasteiger partial charge in [0, 0.05) is 80.7 Å². The monoisotopic (exact) mass is 1080 g/mol. The molecule has 0 aliphatic carbocycles. The van der Waals surface area contributed by atoms with Crippen molar-refractivity contribution in [3.63, 3.8) is 0 Å². The average Bonchev–Trinajstić information content (AvgIpc) is 3.75. The number of primary amides is 2. The molecule has 7 atom stereocenters. The highest BCUT2D eigenvalue weighted by Gasteiger charge is 2.36. The number of fused-ring (bicyclic) bond motifs is 1. The SMILES string of the molecule is CC(=O)N[C@@H](CCCN=C(N)N)C(=O)N[C@H]1CCCCC(=O)CC[C@@H](C(N)=O)NC(=O)[C@H](Cc2c[nH]c3ccccc23)CC(=O)[C@H](CCCN=C(N)N)CC(=O)[C@@H](Cc2cc(F)cc(F)c2)NC(=O)[C@H](CC(N)=O)NC1=O. The number of ketones is 3. The molecule has 0 bridgehead atoms. The van der Waals surface area contributed by atoms with Crippen LogP contribution in [-0.4, -0.2) is 119 Å². The molecule has 4 rings (SSSR count). The second kappa shape index (κ2) is 30.3. The number of carbonyl (C=O) groups excluding carboxylic acids is 10. The van der Waals surface area contributed by atoms with Crippen LogP contribution in [0.25, 0.3) is 10.9 Å². The lowest BCUT2D eigenvalue weighted by Crippen LogP contribution is -2.58. The molecule has 7 amide bonds. The summed E-state index contributed by atoms with van der Waals surface area (Å²) in [7, 11) is 0. The van der Waals surface area contributed by atoms with Crippen LogP contribution in [0.3, 0.4) is 0 Å². The maximum atomic E-state index is 14.7. The topological polar surface area (TPSA) is 427 Å². The van der Waals surface area contributed by atoms with Gasteiger partial charge in [-0.2, -0.15) is 0 Å². The highest BCUT2D eigenvalue weighted by atomic mass is 19.1. The molecule has 2 aromatic carbocycles. The van der Waals surface area contributed by atoms with E-state index in [1.165, 1.54) is 0 Å². The Kier molecular flexibility index (Phi) is 24.1. The Morgan fingerprint density at radius 1 is 0.727 bits per heavy atom. The van der Waals surface area contributed by atoms with Gasteiger partial charge in [-0.1, -0.05) is 24.6 Å². The third kappa shape index (κ3) is 21.1. The van der Waals surface area contributed by atoms with Crippen molar-refractivity contribution in [2.24, 2.45) is 56.2 Å². The lowest BCUT2D eigenvalue weighted by molar-refractivity contribution is -0.136. The van der Waals surface area contributed by atoms with Crippen molar-refractivity contribution in [1.82, 2.24) is 31.6 Å². The van der Waals surface area contributed by atoms with Crippen LogP contribution in [0.5, 0.6) is 0 Å². The highest BCUT2D eigenvalue weighted by Crippen LogP contribution is 2.26. The molecule has 1 saturated heterocycles. The minimum absolute atomic E-state index is 0.00257. The molecule has 1 fully saturated rings. The molecule has 418 valence electrons. The number of Topliss-reactive ketones (excluding diaryl/α,β-unsaturated/α-hetero) is 3. The predicted molar refractivity (Wildman–Crippen MR) is 279 cm³/mol. The van der Waals surface area contributed by atoms with Crippen molar-refractivity contribution in [2.45, 2.75) is 133 Å². The fourth-order valence-electron chi connectivity index (χ4n) is 8.94. The van der Waals surface area contributed by atoms with Crippen LogP contribution in [0.1, 0.15) is 102 Å². The molecule has 2 heterocycles. The summed E-state index contributed by atoms with van der Waals surface area (Å²) in [5, 5.41) is 13.3. The Balaban J connectivity index is 1.81. The molecular weight excluding hydrogens is 1010 g/mol. The van der Waals surface area contributed by atoms with Gasteiger partial charge in [0.15, 0.2) is 17.7 Å². The number of nitrogens with zero attached hydrogens (tertiary/aromatic N) is 2. The smallest absolute Gasteiger partial charge is 0.243 e. The molecular formula is C51H70F2N14O10. The van der Waals surface area contributed by atoms with Gasteiger partial charge in [0.2, 0.25) is 41.4 Å². The number of carbonyl (C=O) groups is 10. The zero-order valence-corrected chi connectivity index (χ0v) is 42.9. The van der Waals surface area contributed by atoms with Crippen LogP contribution >= 0.6 is 0 Å². The third-order valence-corrected chi connectivity index (χ3v) is 12.8. The molecule has 1 aliphatic rings. The van der Waals surface area contributed by atoms with Gasteiger partial charge >= 0.3 is 0 Å². The van der Waals surface area contributed by atoms with Crippen molar-refractivity contribution < 1.29 is 56.7 Å². The summed E-state index contributed by atoms with van der Waals surface area (Å²) >= 11 is 0. The molecule has 26 heteroatoms. The standard InChI is InChI=1S/C51H70F2N14O10/c1-27(68)63-38(13-7-17-61-51(58)59)47(75)65-39-12-4-2-9-34(69)14-15-37(45(55)73)64-46(74)30(21-31-26-62-36-11-5-3-10-35(31)36)23-42(70)29(8-6-16-60-50(56)57)22-43(71)40(20-28-18-32(52)24-33(53)19-28)66-49(77)41(25-44(54)72)67-48(39)76/h3,5,10-11,18-19,24,26,29-30,37-41,62H,2,4,6-9,12-17,20-23,25H2,1H3,(H2,54,72)(H2,55,73)(H,63,68)(H,64,74)(H,65,75)(H,66,77)(H,67,76)(H4,56,57,60)(H4,58,59,61)/t29-,30-,37+,38+,39+,40-,41+/m1/s1. The van der Waals surface area contributed by atoms with Gasteiger partial charge in [0.25, 0.3) is 0 Å². The second-order valence-electron chi connectivity index (χ2n) is 19.1. The summed E-state index contributed by atoms with van der Waals surface area (Å²) in [5.74, 6) is -13.2. The summed E-state index contributed by atoms with van der Waals surface area (Å²) in [6.07, 6.45) is -1.21. The van der Waals surface area contributed by atoms with Gasteiger partial charge in [0.1, 0.15) is 47.4 Å². The van der Waals surface area contributed by atoms with E-state index in [-0.39, 0.29) is 107 Å². The number of rotatable bonds is 18. The van der Waals surface area contributed by atoms with Crippen LogP contribution in [0, 0.1) is 23.5 Å². The van der Waals surface area contributed by atoms with Crippen molar-refractivity contribution >= 4 is 81.5 Å². The van der Waals surface area contributed by atoms with Gasteiger partial charge < -0.3 is 66.0 Å². The number of aliphatic imine (C=N–C) groups is 2. The number of hydrogen-bond acceptors (Lipinski definition) is 12. The van der Waals surface area contributed by atoms with E-state index in [4.69, 9.17) is 34.4 Å². The van der Waals surface area contributed by atoms with E-state index < -0.39 is 132 Å². The van der Waals surface area contributed by atoms with E-state index in [1.807, 2.05) is 6.07 Å². The summed E-state index contributed by atoms with van der Waals surface area (Å²) in [6, 6.07) is 1.98. The Morgan fingerprint density at radius 3 is 2.03 bits per heavy atom. The summed E-state index contributed by atoms with van der Waals surface area (Å²) in [6.45, 7) is 1.25. The maximum Gasteiger partial charge on any atom is 0.243 e. The van der Waals surface area contributed by atoms with Crippen LogP contribution in [0.2, 0.25) is 0 Å². The van der Waals surface area contributed by atoms with E-state index >= 15 is 0 Å². The first-order chi connectivity index (χ1) is 36.5. The number of nitrogens with two attached hydrogens (primary N) is 6. The average molecular weight is 1080 g/mol. The first-order valence-corrected chi connectivity index (χ1v) is 25.2. The van der Waals surface area contributed by atoms with Crippen molar-refractivity contribution in [2.75, 3.05) is 13.1 Å². The number of H-pyrrole nitrogens is 1. The molecule has 77 heavy (non-hydrogen) atoms. The molecule has 18 N–H and O–H groups in total. The van der Waals surface area contributed by atoms with Gasteiger partial charge in [-0.15, -0.1) is 0 Å². The van der Waals surface area contributed by atoms with Crippen molar-refractivity contribution in [1.29, 1.82) is 0 Å². The molecule has 0 unspecified atom stereocenters. The van der Waals surface area contributed by atoms with E-state index in [2.05, 4.69) is 41.6 Å². The number of aromatic nitrogens is 1. The lowest BCUT2D eigenvalue weighted by Gasteiger charge is -2.27. The fourth-order valence-corrected chi connectivity index (χ4v) is 8.94. The van der Waals surface area contributed by atoms with E-state index in [1.54, 1.807) is 24.4 Å². The van der Waals surface area contributed by atoms with Crippen LogP contribution in [0.15, 0.2) is 58.6 Å². The summed E-state index contributed by atoms with van der Waals surface area (Å²) < 4.78 is 29.3. The number of aromatic amines is 1. The highest BCUT2D eigenvalue weighted by molar-refractivity contribution is 5.99. The van der Waals surface area contributed by atoms with Crippen LogP contribution < -0.4 is 61.0 Å². The predicted octanol–water partition coefficient (Wildman–Crippen LogP) is -0.783. The van der Waals surface area contributed by atoms with Gasteiger partial charge in [0.05, 0.1) is 12.5 Å². The molecule has 24 nitrogen and oxygen atoms in total. The number of hydrogen-bond donors (Lipinski definition) is 12. The van der Waals surface area contributed by atoms with Crippen LogP contribution in [-0.2, 0) is 60.8 Å². The Labute approximate surface area is 442 Å². The van der Waals surface area contributed by atoms with Gasteiger partial charge in [-0.3, -0.25) is 57.9 Å². The molecule has 3 aromatic rings. The number of para-hydroxylation sites is 1. The first-order valence-electron chi connectivity index (χ1n) is 25.2. The summed E-state index contributed by atoms with van der Waals surface area (Å²) in [5.41, 5.74) is 34.5. The minimum atomic E-state index is -1.84. The van der Waals surface area contributed by atoms with Crippen molar-refractivity contribution in [3.05, 3.63) is 71.4 Å². The largest absolute Gasteiger partial charge is 0.370 e. The number of benzene rings is 2. The molecule has 1 aromatic heterocycles. The zero-order chi connectivity index (χ0) is 56.8. The number of nitrogens with one attached hydrogen (secondary N) is 6. The van der Waals surface area contributed by atoms with Gasteiger partial charge in [-0.05, 0) is 87.1 Å². The van der Waals surface area contributed by atoms with E-state index in [0.717, 1.165) is 30.0 Å². The lowest BCUT2D eigenvalue weighted by atomic mass is 9.83. The molecule has 0 spiro atoms. The maximum absolute atomic E-state index is 14.7. The Bertz CT molecular complexity index is 2670. The van der Waals surface area contributed by atoms with E-state index in [0.29, 0.717) is 11.6 Å². The summed E-state index contributed by atoms with van der Waals surface area (Å²) in [4.78, 5) is 148. The number of guanidine groups is 2. The number of halogens is 2. The molecule has 1 aliphatic heterocycles. The minimum Gasteiger partial charge on any atom is -0.370 e. The fraction of sp³-hybridized carbons (Fsp3) is 0.490. The third-order valence-electron chi connectivity index (χ3n) is 12.8. The Hall–Kier alpha value is -8.32. The quantitative estimate of drug-likeness (QED) is 0.0423. The van der Waals surface area contributed by atoms with Crippen LogP contribution in [0.4, 0.5) is 8.78 Å². The molecule has 0 saturated carbocycles. The first kappa shape index (κ1) is 61.2. The van der Waals surface area contributed by atoms with E-state index in [9.17, 15) is 56.7 Å². The van der Waals surface area contributed by atoms with Gasteiger partial charge in [-0.25, -0.2) is 8.78 Å². The molecule has 0 radical (unpaired) electrons.